The maximum Gasteiger partial charge on any atom is 0.257 e. The number of tetrazole rings is 1. The van der Waals surface area contributed by atoms with Crippen LogP contribution in [0.2, 0.25) is 5.02 Å². The van der Waals surface area contributed by atoms with Gasteiger partial charge in [0, 0.05) is 0 Å². The summed E-state index contributed by atoms with van der Waals surface area (Å²) in [6.45, 7) is 0. The highest BCUT2D eigenvalue weighted by Crippen LogP contribution is 2.25. The summed E-state index contributed by atoms with van der Waals surface area (Å²) in [6.07, 6.45) is 1.41. The lowest BCUT2D eigenvalue weighted by molar-refractivity contribution is 0.102. The predicted molar refractivity (Wildman–Crippen MR) is 80.2 cm³/mol. The number of hydrogen-bond acceptors (Lipinski definition) is 5. The van der Waals surface area contributed by atoms with Crippen molar-refractivity contribution in [3.05, 3.63) is 59.4 Å². The highest BCUT2D eigenvalue weighted by atomic mass is 35.5. The maximum absolute atomic E-state index is 12.3. The number of nitrogens with one attached hydrogen (secondary N) is 1. The second-order valence-corrected chi connectivity index (χ2v) is 4.80. The summed E-state index contributed by atoms with van der Waals surface area (Å²) >= 11 is 6.07. The van der Waals surface area contributed by atoms with Gasteiger partial charge in [0.05, 0.1) is 22.0 Å². The van der Waals surface area contributed by atoms with Crippen molar-refractivity contribution in [2.45, 2.75) is 0 Å². The van der Waals surface area contributed by atoms with E-state index in [1.165, 1.54) is 17.1 Å². The van der Waals surface area contributed by atoms with Crippen LogP contribution in [0.15, 0.2) is 48.8 Å². The minimum absolute atomic E-state index is 0.0244. The van der Waals surface area contributed by atoms with E-state index in [1.807, 2.05) is 0 Å². The van der Waals surface area contributed by atoms with Crippen LogP contribution in [0.4, 0.5) is 5.69 Å². The van der Waals surface area contributed by atoms with Crippen LogP contribution in [-0.4, -0.2) is 31.2 Å². The average Bonchev–Trinajstić information content (AvgIpc) is 3.04. The molecular weight excluding hydrogens is 306 g/mol. The Bertz CT molecular complexity index is 820. The Morgan fingerprint density at radius 2 is 2.05 bits per heavy atom. The Morgan fingerprint density at radius 1 is 1.23 bits per heavy atom. The van der Waals surface area contributed by atoms with Crippen LogP contribution in [0.25, 0.3) is 5.69 Å². The van der Waals surface area contributed by atoms with Gasteiger partial charge in [-0.2, -0.15) is 0 Å². The highest BCUT2D eigenvalue weighted by molar-refractivity contribution is 6.34. The molecule has 8 heteroatoms. The first kappa shape index (κ1) is 14.0. The van der Waals surface area contributed by atoms with Crippen LogP contribution in [0.1, 0.15) is 10.4 Å². The van der Waals surface area contributed by atoms with E-state index in [0.717, 1.165) is 0 Å². The number of hydrogen-bond donors (Lipinski definition) is 2. The molecule has 3 aromatic rings. The van der Waals surface area contributed by atoms with E-state index in [4.69, 9.17) is 11.6 Å². The van der Waals surface area contributed by atoms with E-state index in [1.54, 1.807) is 36.4 Å². The molecule has 0 saturated carbocycles. The largest absolute Gasteiger partial charge is 0.506 e. The van der Waals surface area contributed by atoms with Crippen LogP contribution < -0.4 is 5.32 Å². The number of rotatable bonds is 3. The Morgan fingerprint density at radius 3 is 2.77 bits per heavy atom. The summed E-state index contributed by atoms with van der Waals surface area (Å²) in [7, 11) is 0. The normalized spacial score (nSPS) is 10.4. The number of aromatic nitrogens is 4. The van der Waals surface area contributed by atoms with Gasteiger partial charge < -0.3 is 10.4 Å². The molecule has 2 N–H and O–H groups in total. The number of anilines is 1. The molecule has 22 heavy (non-hydrogen) atoms. The Balaban J connectivity index is 1.92. The zero-order valence-electron chi connectivity index (χ0n) is 11.1. The van der Waals surface area contributed by atoms with Gasteiger partial charge in [-0.25, -0.2) is 4.68 Å². The van der Waals surface area contributed by atoms with Crippen molar-refractivity contribution in [2.75, 3.05) is 5.32 Å². The highest BCUT2D eigenvalue weighted by Gasteiger charge is 2.14. The summed E-state index contributed by atoms with van der Waals surface area (Å²) in [4.78, 5) is 12.3. The number of phenols is 1. The molecular formula is C14H10ClN5O2. The molecule has 1 amide bonds. The van der Waals surface area contributed by atoms with Crippen molar-refractivity contribution < 1.29 is 9.90 Å². The Labute approximate surface area is 130 Å². The molecule has 110 valence electrons. The monoisotopic (exact) mass is 315 g/mol. The molecule has 0 fully saturated rings. The van der Waals surface area contributed by atoms with Crippen LogP contribution in [-0.2, 0) is 0 Å². The van der Waals surface area contributed by atoms with Crippen molar-refractivity contribution in [1.29, 1.82) is 0 Å². The molecule has 1 heterocycles. The molecule has 3 rings (SSSR count). The van der Waals surface area contributed by atoms with Crippen molar-refractivity contribution in [3.8, 4) is 11.4 Å². The van der Waals surface area contributed by atoms with Crippen molar-refractivity contribution in [1.82, 2.24) is 20.2 Å². The number of carbonyl (C=O) groups is 1. The third-order valence-electron chi connectivity index (χ3n) is 2.96. The summed E-state index contributed by atoms with van der Waals surface area (Å²) < 4.78 is 1.41. The maximum atomic E-state index is 12.3. The van der Waals surface area contributed by atoms with Gasteiger partial charge in [0.25, 0.3) is 5.91 Å². The van der Waals surface area contributed by atoms with E-state index >= 15 is 0 Å². The fourth-order valence-corrected chi connectivity index (χ4v) is 2.08. The van der Waals surface area contributed by atoms with Crippen LogP contribution in [0.3, 0.4) is 0 Å². The fraction of sp³-hybridized carbons (Fsp3) is 0. The zero-order valence-corrected chi connectivity index (χ0v) is 11.9. The van der Waals surface area contributed by atoms with Gasteiger partial charge in [-0.1, -0.05) is 23.7 Å². The predicted octanol–water partition coefficient (Wildman–Crippen LogP) is 2.27. The minimum Gasteiger partial charge on any atom is -0.506 e. The molecule has 0 spiro atoms. The van der Waals surface area contributed by atoms with E-state index < -0.39 is 5.91 Å². The van der Waals surface area contributed by atoms with E-state index in [2.05, 4.69) is 20.8 Å². The quantitative estimate of drug-likeness (QED) is 0.723. The topological polar surface area (TPSA) is 92.9 Å². The molecule has 0 saturated heterocycles. The molecule has 0 aliphatic carbocycles. The standard InChI is InChI=1S/C14H10ClN5O2/c15-11-6-5-9(20-8-16-18-19-20)7-10(11)14(22)17-12-3-1-2-4-13(12)21/h1-8,21H,(H,17,22). The number of aromatic hydroxyl groups is 1. The lowest BCUT2D eigenvalue weighted by Crippen LogP contribution is -2.13. The number of amides is 1. The SMILES string of the molecule is O=C(Nc1ccccc1O)c1cc(-n2cnnn2)ccc1Cl. The van der Waals surface area contributed by atoms with E-state index in [-0.39, 0.29) is 16.3 Å². The molecule has 0 unspecified atom stereocenters. The molecule has 0 atom stereocenters. The van der Waals surface area contributed by atoms with Crippen LogP contribution in [0.5, 0.6) is 5.75 Å². The summed E-state index contributed by atoms with van der Waals surface area (Å²) in [6, 6.07) is 11.3. The lowest BCUT2D eigenvalue weighted by Gasteiger charge is -2.09. The van der Waals surface area contributed by atoms with Crippen molar-refractivity contribution >= 4 is 23.2 Å². The second kappa shape index (κ2) is 5.82. The number of nitrogens with zero attached hydrogens (tertiary/aromatic N) is 4. The van der Waals surface area contributed by atoms with Gasteiger partial charge in [-0.3, -0.25) is 4.79 Å². The van der Waals surface area contributed by atoms with E-state index in [9.17, 15) is 9.90 Å². The van der Waals surface area contributed by atoms with Crippen molar-refractivity contribution in [3.63, 3.8) is 0 Å². The smallest absolute Gasteiger partial charge is 0.257 e. The van der Waals surface area contributed by atoms with Gasteiger partial charge in [0.15, 0.2) is 0 Å². The van der Waals surface area contributed by atoms with Crippen molar-refractivity contribution in [2.24, 2.45) is 0 Å². The molecule has 0 aliphatic rings. The molecule has 0 radical (unpaired) electrons. The number of carbonyl (C=O) groups excluding carboxylic acids is 1. The van der Waals surface area contributed by atoms with Gasteiger partial charge in [0.2, 0.25) is 0 Å². The number of benzene rings is 2. The molecule has 7 nitrogen and oxygen atoms in total. The molecule has 0 bridgehead atoms. The van der Waals surface area contributed by atoms with Gasteiger partial charge in [0.1, 0.15) is 12.1 Å². The molecule has 0 aliphatic heterocycles. The van der Waals surface area contributed by atoms with Gasteiger partial charge in [-0.05, 0) is 40.8 Å². The van der Waals surface area contributed by atoms with Crippen LogP contribution in [0, 0.1) is 0 Å². The van der Waals surface area contributed by atoms with E-state index in [0.29, 0.717) is 11.4 Å². The summed E-state index contributed by atoms with van der Waals surface area (Å²) in [5.41, 5.74) is 1.14. The Kier molecular flexibility index (Phi) is 3.71. The molecule has 2 aromatic carbocycles. The number of halogens is 1. The summed E-state index contributed by atoms with van der Waals surface area (Å²) in [5.74, 6) is -0.468. The number of para-hydroxylation sites is 2. The molecule has 1 aromatic heterocycles. The first-order chi connectivity index (χ1) is 10.6. The minimum atomic E-state index is -0.443. The second-order valence-electron chi connectivity index (χ2n) is 4.39. The first-order valence-electron chi connectivity index (χ1n) is 6.27. The third kappa shape index (κ3) is 2.75. The third-order valence-corrected chi connectivity index (χ3v) is 3.29. The van der Waals surface area contributed by atoms with Crippen LogP contribution >= 0.6 is 11.6 Å². The van der Waals surface area contributed by atoms with Gasteiger partial charge in [-0.15, -0.1) is 5.10 Å². The average molecular weight is 316 g/mol. The van der Waals surface area contributed by atoms with Gasteiger partial charge >= 0.3 is 0 Å². The zero-order chi connectivity index (χ0) is 15.5. The summed E-state index contributed by atoms with van der Waals surface area (Å²) in [5, 5.41) is 23.4. The fourth-order valence-electron chi connectivity index (χ4n) is 1.88. The first-order valence-corrected chi connectivity index (χ1v) is 6.65. The number of phenolic OH excluding ortho intramolecular Hbond substituents is 1. The lowest BCUT2D eigenvalue weighted by atomic mass is 10.1. The Hall–Kier alpha value is -2.93.